The quantitative estimate of drug-likeness (QED) is 0.549. The van der Waals surface area contributed by atoms with E-state index in [9.17, 15) is 18.0 Å². The Bertz CT molecular complexity index is 738. The Morgan fingerprint density at radius 2 is 1.84 bits per heavy atom. The maximum Gasteiger partial charge on any atom is 0.251 e. The molecule has 0 aliphatic heterocycles. The van der Waals surface area contributed by atoms with E-state index in [2.05, 4.69) is 15.4 Å². The molecular formula is C16H22N4O4S. The molecule has 0 saturated carbocycles. The van der Waals surface area contributed by atoms with E-state index < -0.39 is 22.0 Å². The van der Waals surface area contributed by atoms with Gasteiger partial charge in [0.15, 0.2) is 0 Å². The van der Waals surface area contributed by atoms with Crippen molar-refractivity contribution in [2.75, 3.05) is 13.1 Å². The Morgan fingerprint density at radius 1 is 1.20 bits per heavy atom. The maximum absolute atomic E-state index is 12.1. The van der Waals surface area contributed by atoms with Crippen LogP contribution in [0.15, 0.2) is 29.2 Å². The number of amides is 2. The van der Waals surface area contributed by atoms with Crippen LogP contribution in [0.3, 0.4) is 0 Å². The fourth-order valence-corrected chi connectivity index (χ4v) is 2.89. The summed E-state index contributed by atoms with van der Waals surface area (Å²) in [7, 11) is -3.72. The smallest absolute Gasteiger partial charge is 0.251 e. The first-order chi connectivity index (χ1) is 11.8. The van der Waals surface area contributed by atoms with Crippen molar-refractivity contribution < 1.29 is 18.0 Å². The van der Waals surface area contributed by atoms with E-state index in [1.54, 1.807) is 6.92 Å². The second-order valence-corrected chi connectivity index (χ2v) is 7.08. The molecule has 0 aromatic heterocycles. The molecule has 1 atom stereocenters. The minimum Gasteiger partial charge on any atom is -0.354 e. The fraction of sp³-hybridized carbons (Fsp3) is 0.438. The van der Waals surface area contributed by atoms with Gasteiger partial charge in [-0.2, -0.15) is 5.26 Å². The van der Waals surface area contributed by atoms with Crippen molar-refractivity contribution >= 4 is 21.8 Å². The number of nitrogens with one attached hydrogen (secondary N) is 3. The molecule has 0 saturated heterocycles. The third-order valence-corrected chi connectivity index (χ3v) is 4.72. The van der Waals surface area contributed by atoms with Crippen molar-refractivity contribution in [3.63, 3.8) is 0 Å². The van der Waals surface area contributed by atoms with Crippen LogP contribution in [-0.4, -0.2) is 39.4 Å². The Balaban J connectivity index is 2.71. The number of sulfonamides is 1. The van der Waals surface area contributed by atoms with Crippen LogP contribution in [-0.2, 0) is 14.8 Å². The minimum atomic E-state index is -3.72. The van der Waals surface area contributed by atoms with E-state index in [0.717, 1.165) is 6.42 Å². The summed E-state index contributed by atoms with van der Waals surface area (Å²) < 4.78 is 26.3. The van der Waals surface area contributed by atoms with Gasteiger partial charge < -0.3 is 10.6 Å². The summed E-state index contributed by atoms with van der Waals surface area (Å²) in [6.45, 7) is 4.05. The first kappa shape index (κ1) is 20.6. The molecule has 0 heterocycles. The zero-order chi connectivity index (χ0) is 18.9. The molecule has 0 bridgehead atoms. The summed E-state index contributed by atoms with van der Waals surface area (Å²) in [5.74, 6) is -0.753. The number of carbonyl (C=O) groups excluding carboxylic acids is 2. The number of benzene rings is 1. The standard InChI is InChI=1S/C16H22N4O4S/c1-3-10-18-15(21)12(2)20-16(22)13-5-7-14(8-6-13)25(23,24)19-11-4-9-17/h5-8,12,19H,3-4,10-11H2,1-2H3,(H,18,21)(H,20,22)/t12-/m0/s1. The molecule has 0 aliphatic carbocycles. The fourth-order valence-electron chi connectivity index (χ4n) is 1.86. The first-order valence-corrected chi connectivity index (χ1v) is 9.35. The zero-order valence-electron chi connectivity index (χ0n) is 14.2. The van der Waals surface area contributed by atoms with Crippen molar-refractivity contribution in [3.8, 4) is 6.07 Å². The van der Waals surface area contributed by atoms with Gasteiger partial charge in [0.2, 0.25) is 15.9 Å². The number of nitriles is 1. The molecule has 0 aliphatic rings. The lowest BCUT2D eigenvalue weighted by Gasteiger charge is -2.14. The Labute approximate surface area is 147 Å². The molecule has 2 amide bonds. The molecule has 0 radical (unpaired) electrons. The monoisotopic (exact) mass is 366 g/mol. The van der Waals surface area contributed by atoms with Crippen LogP contribution < -0.4 is 15.4 Å². The Morgan fingerprint density at radius 3 is 2.40 bits per heavy atom. The van der Waals surface area contributed by atoms with Gasteiger partial charge in [0, 0.05) is 25.1 Å². The molecule has 1 aromatic rings. The first-order valence-electron chi connectivity index (χ1n) is 7.87. The van der Waals surface area contributed by atoms with Gasteiger partial charge in [-0.15, -0.1) is 0 Å². The van der Waals surface area contributed by atoms with Crippen LogP contribution in [0.4, 0.5) is 0 Å². The molecule has 1 aromatic carbocycles. The average molecular weight is 366 g/mol. The van der Waals surface area contributed by atoms with Crippen molar-refractivity contribution in [1.82, 2.24) is 15.4 Å². The van der Waals surface area contributed by atoms with Crippen LogP contribution >= 0.6 is 0 Å². The summed E-state index contributed by atoms with van der Waals surface area (Å²) in [5, 5.41) is 13.7. The van der Waals surface area contributed by atoms with Crippen molar-refractivity contribution in [1.29, 1.82) is 5.26 Å². The van der Waals surface area contributed by atoms with Crippen LogP contribution in [0.25, 0.3) is 0 Å². The lowest BCUT2D eigenvalue weighted by atomic mass is 10.2. The van der Waals surface area contributed by atoms with Crippen molar-refractivity contribution in [2.45, 2.75) is 37.6 Å². The predicted octanol–water partition coefficient (Wildman–Crippen LogP) is 0.523. The van der Waals surface area contributed by atoms with Gasteiger partial charge in [-0.25, -0.2) is 13.1 Å². The van der Waals surface area contributed by atoms with E-state index in [1.807, 2.05) is 13.0 Å². The molecule has 9 heteroatoms. The van der Waals surface area contributed by atoms with Crippen molar-refractivity contribution in [2.24, 2.45) is 0 Å². The number of hydrogen-bond acceptors (Lipinski definition) is 5. The van der Waals surface area contributed by atoms with Gasteiger partial charge in [-0.1, -0.05) is 6.92 Å². The average Bonchev–Trinajstić information content (AvgIpc) is 2.59. The summed E-state index contributed by atoms with van der Waals surface area (Å²) in [4.78, 5) is 23.9. The van der Waals surface area contributed by atoms with Gasteiger partial charge in [0.1, 0.15) is 6.04 Å². The van der Waals surface area contributed by atoms with Crippen LogP contribution in [0.2, 0.25) is 0 Å². The number of hydrogen-bond donors (Lipinski definition) is 3. The van der Waals surface area contributed by atoms with Gasteiger partial charge in [-0.05, 0) is 37.6 Å². The van der Waals surface area contributed by atoms with Crippen molar-refractivity contribution in [3.05, 3.63) is 29.8 Å². The Hall–Kier alpha value is -2.44. The summed E-state index contributed by atoms with van der Waals surface area (Å²) in [6, 6.07) is 6.47. The highest BCUT2D eigenvalue weighted by Crippen LogP contribution is 2.10. The summed E-state index contributed by atoms with van der Waals surface area (Å²) >= 11 is 0. The highest BCUT2D eigenvalue weighted by Gasteiger charge is 2.17. The molecule has 1 rings (SSSR count). The predicted molar refractivity (Wildman–Crippen MR) is 92.1 cm³/mol. The van der Waals surface area contributed by atoms with Gasteiger partial charge >= 0.3 is 0 Å². The van der Waals surface area contributed by atoms with E-state index in [-0.39, 0.29) is 29.3 Å². The molecule has 136 valence electrons. The molecule has 8 nitrogen and oxygen atoms in total. The van der Waals surface area contributed by atoms with Gasteiger partial charge in [-0.3, -0.25) is 9.59 Å². The largest absolute Gasteiger partial charge is 0.354 e. The highest BCUT2D eigenvalue weighted by molar-refractivity contribution is 7.89. The number of carbonyl (C=O) groups is 2. The van der Waals surface area contributed by atoms with E-state index in [4.69, 9.17) is 5.26 Å². The van der Waals surface area contributed by atoms with Crippen LogP contribution in [0, 0.1) is 11.3 Å². The number of rotatable bonds is 9. The lowest BCUT2D eigenvalue weighted by molar-refractivity contribution is -0.122. The summed E-state index contributed by atoms with van der Waals surface area (Å²) in [6.07, 6.45) is 0.864. The second kappa shape index (κ2) is 9.76. The third kappa shape index (κ3) is 6.52. The van der Waals surface area contributed by atoms with Crippen LogP contribution in [0.5, 0.6) is 0 Å². The number of nitrogens with zero attached hydrogens (tertiary/aromatic N) is 1. The van der Waals surface area contributed by atoms with E-state index in [0.29, 0.717) is 6.54 Å². The minimum absolute atomic E-state index is 0.00396. The summed E-state index contributed by atoms with van der Waals surface area (Å²) in [5.41, 5.74) is 0.242. The third-order valence-electron chi connectivity index (χ3n) is 3.25. The van der Waals surface area contributed by atoms with E-state index >= 15 is 0 Å². The highest BCUT2D eigenvalue weighted by atomic mass is 32.2. The maximum atomic E-state index is 12.1. The molecule has 0 unspecified atom stereocenters. The molecular weight excluding hydrogens is 344 g/mol. The van der Waals surface area contributed by atoms with E-state index in [1.165, 1.54) is 24.3 Å². The van der Waals surface area contributed by atoms with Gasteiger partial charge in [0.25, 0.3) is 5.91 Å². The molecule has 3 N–H and O–H groups in total. The molecule has 25 heavy (non-hydrogen) atoms. The normalized spacial score (nSPS) is 12.0. The SMILES string of the molecule is CCCNC(=O)[C@H](C)NC(=O)c1ccc(S(=O)(=O)NCCC#N)cc1. The topological polar surface area (TPSA) is 128 Å². The second-order valence-electron chi connectivity index (χ2n) is 5.32. The van der Waals surface area contributed by atoms with Gasteiger partial charge in [0.05, 0.1) is 11.0 Å². The lowest BCUT2D eigenvalue weighted by Crippen LogP contribution is -2.45. The van der Waals surface area contributed by atoms with Crippen LogP contribution in [0.1, 0.15) is 37.0 Å². The molecule has 0 fully saturated rings. The zero-order valence-corrected chi connectivity index (χ0v) is 15.0. The molecule has 0 spiro atoms. The Kier molecular flexibility index (Phi) is 8.04.